The molecular formula is C16H17NO2. The summed E-state index contributed by atoms with van der Waals surface area (Å²) in [7, 11) is 1.51. The Hall–Kier alpha value is -2.13. The lowest BCUT2D eigenvalue weighted by molar-refractivity contribution is -0.141. The molecule has 0 saturated carbocycles. The van der Waals surface area contributed by atoms with Crippen molar-refractivity contribution in [3.63, 3.8) is 0 Å². The fraction of sp³-hybridized carbons (Fsp3) is 0.188. The fourth-order valence-corrected chi connectivity index (χ4v) is 2.21. The molecule has 0 aliphatic carbocycles. The maximum Gasteiger partial charge on any atom is 0.254 e. The minimum Gasteiger partial charge on any atom is -0.367 e. The number of primary amides is 1. The Balaban J connectivity index is 2.44. The lowest BCUT2D eigenvalue weighted by atomic mass is 9.86. The molecule has 1 amide bonds. The summed E-state index contributed by atoms with van der Waals surface area (Å²) in [6.45, 7) is 0. The predicted octanol–water partition coefficient (Wildman–Crippen LogP) is 2.26. The van der Waals surface area contributed by atoms with E-state index in [-0.39, 0.29) is 0 Å². The van der Waals surface area contributed by atoms with Crippen LogP contribution in [0.15, 0.2) is 60.7 Å². The molecule has 3 heteroatoms. The molecular weight excluding hydrogens is 238 g/mol. The van der Waals surface area contributed by atoms with Gasteiger partial charge in [0.15, 0.2) is 5.60 Å². The van der Waals surface area contributed by atoms with E-state index in [0.717, 1.165) is 11.1 Å². The average Bonchev–Trinajstić information content (AvgIpc) is 2.46. The molecule has 1 unspecified atom stereocenters. The Morgan fingerprint density at radius 2 is 1.58 bits per heavy atom. The Kier molecular flexibility index (Phi) is 3.97. The van der Waals surface area contributed by atoms with Crippen molar-refractivity contribution in [2.24, 2.45) is 5.73 Å². The molecule has 3 nitrogen and oxygen atoms in total. The highest BCUT2D eigenvalue weighted by molar-refractivity contribution is 5.85. The zero-order valence-electron chi connectivity index (χ0n) is 10.9. The highest BCUT2D eigenvalue weighted by Gasteiger charge is 2.38. The topological polar surface area (TPSA) is 52.3 Å². The van der Waals surface area contributed by atoms with E-state index in [1.165, 1.54) is 7.11 Å². The number of ether oxygens (including phenoxy) is 1. The standard InChI is InChI=1S/C16H17NO2/c1-19-16(15(17)18,14-10-6-3-7-11-14)12-13-8-4-2-5-9-13/h2-11H,12H2,1H3,(H2,17,18). The van der Waals surface area contributed by atoms with Crippen molar-refractivity contribution in [1.29, 1.82) is 0 Å². The zero-order valence-corrected chi connectivity index (χ0v) is 10.9. The van der Waals surface area contributed by atoms with Crippen molar-refractivity contribution in [3.8, 4) is 0 Å². The van der Waals surface area contributed by atoms with Gasteiger partial charge in [0.1, 0.15) is 0 Å². The normalized spacial score (nSPS) is 13.7. The molecule has 19 heavy (non-hydrogen) atoms. The van der Waals surface area contributed by atoms with Crippen LogP contribution in [0.4, 0.5) is 0 Å². The van der Waals surface area contributed by atoms with Crippen LogP contribution in [0.2, 0.25) is 0 Å². The number of rotatable bonds is 5. The van der Waals surface area contributed by atoms with E-state index in [1.807, 2.05) is 60.7 Å². The van der Waals surface area contributed by atoms with Gasteiger partial charge in [-0.15, -0.1) is 0 Å². The summed E-state index contributed by atoms with van der Waals surface area (Å²) in [6, 6.07) is 19.1. The molecule has 0 bridgehead atoms. The van der Waals surface area contributed by atoms with Crippen molar-refractivity contribution >= 4 is 5.91 Å². The van der Waals surface area contributed by atoms with Crippen LogP contribution in [-0.4, -0.2) is 13.0 Å². The quantitative estimate of drug-likeness (QED) is 0.891. The molecule has 0 fully saturated rings. The molecule has 2 N–H and O–H groups in total. The van der Waals surface area contributed by atoms with Gasteiger partial charge in [-0.1, -0.05) is 60.7 Å². The van der Waals surface area contributed by atoms with Gasteiger partial charge in [0.05, 0.1) is 0 Å². The van der Waals surface area contributed by atoms with Crippen LogP contribution in [-0.2, 0) is 21.6 Å². The molecule has 0 radical (unpaired) electrons. The minimum absolute atomic E-state index is 0.420. The van der Waals surface area contributed by atoms with Crippen LogP contribution < -0.4 is 5.73 Å². The monoisotopic (exact) mass is 255 g/mol. The van der Waals surface area contributed by atoms with Gasteiger partial charge in [-0.3, -0.25) is 4.79 Å². The molecule has 98 valence electrons. The molecule has 2 aromatic rings. The Labute approximate surface area is 113 Å². The van der Waals surface area contributed by atoms with Crippen LogP contribution in [0.25, 0.3) is 0 Å². The van der Waals surface area contributed by atoms with Gasteiger partial charge in [-0.25, -0.2) is 0 Å². The van der Waals surface area contributed by atoms with Gasteiger partial charge >= 0.3 is 0 Å². The molecule has 0 spiro atoms. The third-order valence-corrected chi connectivity index (χ3v) is 3.28. The number of hydrogen-bond acceptors (Lipinski definition) is 2. The van der Waals surface area contributed by atoms with E-state index in [1.54, 1.807) is 0 Å². The highest BCUT2D eigenvalue weighted by Crippen LogP contribution is 2.29. The number of methoxy groups -OCH3 is 1. The van der Waals surface area contributed by atoms with Gasteiger partial charge in [0.2, 0.25) is 0 Å². The van der Waals surface area contributed by atoms with E-state index < -0.39 is 11.5 Å². The Morgan fingerprint density at radius 1 is 1.05 bits per heavy atom. The third kappa shape index (κ3) is 2.66. The molecule has 0 aliphatic heterocycles. The first-order valence-electron chi connectivity index (χ1n) is 6.13. The van der Waals surface area contributed by atoms with Crippen molar-refractivity contribution in [3.05, 3.63) is 71.8 Å². The molecule has 2 rings (SSSR count). The van der Waals surface area contributed by atoms with Crippen LogP contribution in [0.5, 0.6) is 0 Å². The smallest absolute Gasteiger partial charge is 0.254 e. The molecule has 1 atom stereocenters. The maximum atomic E-state index is 12.0. The van der Waals surface area contributed by atoms with Crippen LogP contribution >= 0.6 is 0 Å². The second kappa shape index (κ2) is 5.67. The lowest BCUT2D eigenvalue weighted by Crippen LogP contribution is -2.44. The molecule has 0 aromatic heterocycles. The van der Waals surface area contributed by atoms with Crippen molar-refractivity contribution in [1.82, 2.24) is 0 Å². The van der Waals surface area contributed by atoms with Gasteiger partial charge in [0, 0.05) is 13.5 Å². The number of amides is 1. The first-order valence-corrected chi connectivity index (χ1v) is 6.13. The number of carbonyl (C=O) groups is 1. The lowest BCUT2D eigenvalue weighted by Gasteiger charge is -2.29. The SMILES string of the molecule is COC(Cc1ccccc1)(C(N)=O)c1ccccc1. The Bertz CT molecular complexity index is 539. The van der Waals surface area contributed by atoms with E-state index in [0.29, 0.717) is 6.42 Å². The second-order valence-electron chi connectivity index (χ2n) is 4.42. The highest BCUT2D eigenvalue weighted by atomic mass is 16.5. The number of nitrogens with two attached hydrogens (primary N) is 1. The average molecular weight is 255 g/mol. The molecule has 2 aromatic carbocycles. The summed E-state index contributed by atoms with van der Waals surface area (Å²) in [4.78, 5) is 12.0. The predicted molar refractivity (Wildman–Crippen MR) is 74.5 cm³/mol. The van der Waals surface area contributed by atoms with Crippen molar-refractivity contribution in [2.45, 2.75) is 12.0 Å². The van der Waals surface area contributed by atoms with Crippen molar-refractivity contribution in [2.75, 3.05) is 7.11 Å². The molecule has 0 aliphatic rings. The summed E-state index contributed by atoms with van der Waals surface area (Å²) in [6.07, 6.45) is 0.420. The Morgan fingerprint density at radius 3 is 2.05 bits per heavy atom. The van der Waals surface area contributed by atoms with Gasteiger partial charge in [-0.2, -0.15) is 0 Å². The van der Waals surface area contributed by atoms with Gasteiger partial charge in [-0.05, 0) is 11.1 Å². The summed E-state index contributed by atoms with van der Waals surface area (Å²) >= 11 is 0. The largest absolute Gasteiger partial charge is 0.367 e. The van der Waals surface area contributed by atoms with E-state index in [4.69, 9.17) is 10.5 Å². The van der Waals surface area contributed by atoms with E-state index in [9.17, 15) is 4.79 Å². The van der Waals surface area contributed by atoms with E-state index in [2.05, 4.69) is 0 Å². The van der Waals surface area contributed by atoms with E-state index >= 15 is 0 Å². The summed E-state index contributed by atoms with van der Waals surface area (Å²) in [5, 5.41) is 0. The second-order valence-corrected chi connectivity index (χ2v) is 4.42. The van der Waals surface area contributed by atoms with Crippen molar-refractivity contribution < 1.29 is 9.53 Å². The zero-order chi connectivity index (χ0) is 13.7. The number of benzene rings is 2. The first-order chi connectivity index (χ1) is 9.19. The van der Waals surface area contributed by atoms with Crippen LogP contribution in [0.3, 0.4) is 0 Å². The van der Waals surface area contributed by atoms with Gasteiger partial charge in [0.25, 0.3) is 5.91 Å². The first kappa shape index (κ1) is 13.3. The maximum absolute atomic E-state index is 12.0. The van der Waals surface area contributed by atoms with Crippen LogP contribution in [0.1, 0.15) is 11.1 Å². The minimum atomic E-state index is -1.12. The number of carbonyl (C=O) groups excluding carboxylic acids is 1. The summed E-state index contributed by atoms with van der Waals surface area (Å²) < 4.78 is 5.51. The summed E-state index contributed by atoms with van der Waals surface area (Å²) in [5.74, 6) is -0.481. The third-order valence-electron chi connectivity index (χ3n) is 3.28. The molecule has 0 saturated heterocycles. The van der Waals surface area contributed by atoms with Gasteiger partial charge < -0.3 is 10.5 Å². The molecule has 0 heterocycles. The fourth-order valence-electron chi connectivity index (χ4n) is 2.21. The number of hydrogen-bond donors (Lipinski definition) is 1. The summed E-state index contributed by atoms with van der Waals surface area (Å²) in [5.41, 5.74) is 6.25. The van der Waals surface area contributed by atoms with Crippen LogP contribution in [0, 0.1) is 0 Å².